The van der Waals surface area contributed by atoms with Gasteiger partial charge in [-0.15, -0.1) is 0 Å². The van der Waals surface area contributed by atoms with E-state index in [1.807, 2.05) is 0 Å². The second-order valence-electron chi connectivity index (χ2n) is 4.25. The Morgan fingerprint density at radius 2 is 1.93 bits per heavy atom. The third kappa shape index (κ3) is 6.47. The monoisotopic (exact) mass is 216 g/mol. The molecule has 2 N–H and O–H groups in total. The molecule has 0 saturated carbocycles. The molecule has 15 heavy (non-hydrogen) atoms. The molecule has 0 aromatic heterocycles. The number of rotatable bonds is 7. The van der Waals surface area contributed by atoms with Crippen molar-refractivity contribution in [3.63, 3.8) is 0 Å². The summed E-state index contributed by atoms with van der Waals surface area (Å²) < 4.78 is 0. The van der Waals surface area contributed by atoms with E-state index in [2.05, 4.69) is 24.1 Å². The van der Waals surface area contributed by atoms with Crippen LogP contribution in [0, 0.1) is 0 Å². The van der Waals surface area contributed by atoms with E-state index in [1.165, 1.54) is 13.8 Å². The zero-order valence-corrected chi connectivity index (χ0v) is 10.3. The lowest BCUT2D eigenvalue weighted by Crippen LogP contribution is -2.44. The average molecular weight is 216 g/mol. The summed E-state index contributed by atoms with van der Waals surface area (Å²) in [6.07, 6.45) is 1.12. The van der Waals surface area contributed by atoms with Gasteiger partial charge >= 0.3 is 0 Å². The number of carbonyl (C=O) groups is 1. The van der Waals surface area contributed by atoms with Gasteiger partial charge in [0.25, 0.3) is 5.91 Å². The fourth-order valence-electron chi connectivity index (χ4n) is 1.29. The third-order valence-corrected chi connectivity index (χ3v) is 2.26. The summed E-state index contributed by atoms with van der Waals surface area (Å²) in [4.78, 5) is 13.6. The molecule has 0 aliphatic heterocycles. The molecule has 0 aliphatic rings. The molecule has 0 atom stereocenters. The molecule has 0 fully saturated rings. The van der Waals surface area contributed by atoms with Crippen LogP contribution in [0.15, 0.2) is 0 Å². The molecule has 0 heterocycles. The van der Waals surface area contributed by atoms with Crippen molar-refractivity contribution in [2.24, 2.45) is 0 Å². The maximum Gasteiger partial charge on any atom is 0.251 e. The molecule has 0 unspecified atom stereocenters. The maximum atomic E-state index is 11.3. The minimum absolute atomic E-state index is 0.310. The number of carbonyl (C=O) groups excluding carboxylic acids is 1. The number of amides is 1. The Bertz CT molecular complexity index is 188. The van der Waals surface area contributed by atoms with Crippen LogP contribution in [0.3, 0.4) is 0 Å². The minimum Gasteiger partial charge on any atom is -0.381 e. The number of hydrogen-bond acceptors (Lipinski definition) is 3. The summed E-state index contributed by atoms with van der Waals surface area (Å²) >= 11 is 0. The van der Waals surface area contributed by atoms with Crippen molar-refractivity contribution >= 4 is 5.91 Å². The summed E-state index contributed by atoms with van der Waals surface area (Å²) in [7, 11) is 0. The zero-order valence-electron chi connectivity index (χ0n) is 10.3. The molecule has 4 nitrogen and oxygen atoms in total. The van der Waals surface area contributed by atoms with E-state index in [4.69, 9.17) is 0 Å². The van der Waals surface area contributed by atoms with Crippen LogP contribution in [0.4, 0.5) is 0 Å². The Hall–Kier alpha value is -0.610. The van der Waals surface area contributed by atoms with Crippen LogP contribution < -0.4 is 5.32 Å². The van der Waals surface area contributed by atoms with Gasteiger partial charge in [-0.2, -0.15) is 0 Å². The molecule has 90 valence electrons. The Morgan fingerprint density at radius 3 is 2.33 bits per heavy atom. The first-order valence-corrected chi connectivity index (χ1v) is 5.64. The molecular formula is C11H24N2O2. The molecule has 0 bridgehead atoms. The molecule has 0 aromatic carbocycles. The average Bonchev–Trinajstić information content (AvgIpc) is 2.14. The van der Waals surface area contributed by atoms with E-state index in [0.717, 1.165) is 26.1 Å². The summed E-state index contributed by atoms with van der Waals surface area (Å²) in [6.45, 7) is 10.7. The number of nitrogens with zero attached hydrogens (tertiary/aromatic N) is 1. The van der Waals surface area contributed by atoms with Gasteiger partial charge in [0, 0.05) is 13.1 Å². The van der Waals surface area contributed by atoms with Gasteiger partial charge in [-0.3, -0.25) is 4.79 Å². The van der Waals surface area contributed by atoms with E-state index >= 15 is 0 Å². The van der Waals surface area contributed by atoms with E-state index in [1.54, 1.807) is 0 Å². The minimum atomic E-state index is -1.28. The highest BCUT2D eigenvalue weighted by Crippen LogP contribution is 1.99. The summed E-state index contributed by atoms with van der Waals surface area (Å²) in [5.74, 6) is -0.310. The van der Waals surface area contributed by atoms with Gasteiger partial charge in [0.2, 0.25) is 0 Å². The first-order chi connectivity index (χ1) is 6.91. The van der Waals surface area contributed by atoms with Crippen molar-refractivity contribution in [1.29, 1.82) is 0 Å². The summed E-state index contributed by atoms with van der Waals surface area (Å²) in [6, 6.07) is 0. The fourth-order valence-corrected chi connectivity index (χ4v) is 1.29. The smallest absolute Gasteiger partial charge is 0.251 e. The highest BCUT2D eigenvalue weighted by molar-refractivity contribution is 5.83. The molecule has 0 radical (unpaired) electrons. The van der Waals surface area contributed by atoms with Crippen molar-refractivity contribution in [1.82, 2.24) is 10.2 Å². The first kappa shape index (κ1) is 14.4. The highest BCUT2D eigenvalue weighted by Gasteiger charge is 2.22. The van der Waals surface area contributed by atoms with Crippen molar-refractivity contribution in [3.05, 3.63) is 0 Å². The van der Waals surface area contributed by atoms with Crippen molar-refractivity contribution in [2.75, 3.05) is 26.2 Å². The van der Waals surface area contributed by atoms with Gasteiger partial charge in [0.15, 0.2) is 0 Å². The van der Waals surface area contributed by atoms with Gasteiger partial charge in [-0.05, 0) is 33.4 Å². The Kier molecular flexibility index (Phi) is 6.52. The summed E-state index contributed by atoms with van der Waals surface area (Å²) in [5.41, 5.74) is -1.28. The lowest BCUT2D eigenvalue weighted by Gasteiger charge is -2.21. The molecule has 0 aliphatic carbocycles. The lowest BCUT2D eigenvalue weighted by atomic mass is 10.1. The van der Waals surface area contributed by atoms with Gasteiger partial charge in [-0.1, -0.05) is 13.8 Å². The molecule has 0 rings (SSSR count). The van der Waals surface area contributed by atoms with Crippen LogP contribution in [0.5, 0.6) is 0 Å². The van der Waals surface area contributed by atoms with E-state index < -0.39 is 5.60 Å². The molecule has 1 amide bonds. The fraction of sp³-hybridized carbons (Fsp3) is 0.909. The SMILES string of the molecule is CCCN(CC)CCNC(=O)C(C)(C)O. The third-order valence-electron chi connectivity index (χ3n) is 2.26. The quantitative estimate of drug-likeness (QED) is 0.655. The van der Waals surface area contributed by atoms with Crippen LogP contribution in [0.25, 0.3) is 0 Å². The second-order valence-corrected chi connectivity index (χ2v) is 4.25. The lowest BCUT2D eigenvalue weighted by molar-refractivity contribution is -0.136. The predicted molar refractivity (Wildman–Crippen MR) is 61.7 cm³/mol. The number of aliphatic hydroxyl groups is 1. The highest BCUT2D eigenvalue weighted by atomic mass is 16.3. The van der Waals surface area contributed by atoms with Crippen LogP contribution >= 0.6 is 0 Å². The van der Waals surface area contributed by atoms with E-state index in [0.29, 0.717) is 6.54 Å². The van der Waals surface area contributed by atoms with Crippen molar-refractivity contribution in [2.45, 2.75) is 39.7 Å². The van der Waals surface area contributed by atoms with Crippen molar-refractivity contribution < 1.29 is 9.90 Å². The van der Waals surface area contributed by atoms with Gasteiger partial charge in [-0.25, -0.2) is 0 Å². The van der Waals surface area contributed by atoms with Crippen molar-refractivity contribution in [3.8, 4) is 0 Å². The van der Waals surface area contributed by atoms with Crippen LogP contribution in [-0.4, -0.2) is 47.7 Å². The van der Waals surface area contributed by atoms with Gasteiger partial charge in [0.1, 0.15) is 5.60 Å². The standard InChI is InChI=1S/C11H24N2O2/c1-5-8-13(6-2)9-7-12-10(14)11(3,4)15/h15H,5-9H2,1-4H3,(H,12,14). The normalized spacial score (nSPS) is 11.9. The maximum absolute atomic E-state index is 11.3. The zero-order chi connectivity index (χ0) is 11.9. The van der Waals surface area contributed by atoms with Gasteiger partial charge in [0.05, 0.1) is 0 Å². The van der Waals surface area contributed by atoms with Crippen LogP contribution in [0.2, 0.25) is 0 Å². The largest absolute Gasteiger partial charge is 0.381 e. The molecule has 0 aromatic rings. The van der Waals surface area contributed by atoms with Gasteiger partial charge < -0.3 is 15.3 Å². The first-order valence-electron chi connectivity index (χ1n) is 5.64. The number of nitrogens with one attached hydrogen (secondary N) is 1. The second kappa shape index (κ2) is 6.80. The molecular weight excluding hydrogens is 192 g/mol. The predicted octanol–water partition coefficient (Wildman–Crippen LogP) is 0.605. The number of hydrogen-bond donors (Lipinski definition) is 2. The Morgan fingerprint density at radius 1 is 1.33 bits per heavy atom. The Labute approximate surface area is 92.7 Å². The molecule has 4 heteroatoms. The van der Waals surface area contributed by atoms with E-state index in [9.17, 15) is 9.90 Å². The Balaban J connectivity index is 3.73. The van der Waals surface area contributed by atoms with E-state index in [-0.39, 0.29) is 5.91 Å². The van der Waals surface area contributed by atoms with Crippen LogP contribution in [-0.2, 0) is 4.79 Å². The molecule has 0 spiro atoms. The summed E-state index contributed by atoms with van der Waals surface area (Å²) in [5, 5.41) is 12.1. The topological polar surface area (TPSA) is 52.6 Å². The van der Waals surface area contributed by atoms with Crippen LogP contribution in [0.1, 0.15) is 34.1 Å². The number of likely N-dealkylation sites (N-methyl/N-ethyl adjacent to an activating group) is 1. The molecule has 0 saturated heterocycles.